The van der Waals surface area contributed by atoms with E-state index in [2.05, 4.69) is 38.0 Å². The van der Waals surface area contributed by atoms with Gasteiger partial charge in [0, 0.05) is 16.3 Å². The largest absolute Gasteiger partial charge is 0.507 e. The summed E-state index contributed by atoms with van der Waals surface area (Å²) in [4.78, 5) is 6.64. The Morgan fingerprint density at radius 3 is 2.57 bits per heavy atom. The molecule has 3 nitrogen and oxygen atoms in total. The molecule has 0 heterocycles. The fraction of sp³-hybridized carbons (Fsp3) is 0.235. The van der Waals surface area contributed by atoms with Crippen molar-refractivity contribution in [1.82, 2.24) is 4.90 Å². The second-order valence-corrected chi connectivity index (χ2v) is 6.00. The summed E-state index contributed by atoms with van der Waals surface area (Å²) < 4.78 is 0.925. The van der Waals surface area contributed by atoms with Crippen LogP contribution in [0.5, 0.6) is 5.75 Å². The van der Waals surface area contributed by atoms with Gasteiger partial charge in [-0.25, -0.2) is 0 Å². The molecule has 1 N–H and O–H groups in total. The van der Waals surface area contributed by atoms with E-state index in [9.17, 15) is 5.11 Å². The monoisotopic (exact) mass is 346 g/mol. The minimum atomic E-state index is 0.219. The van der Waals surface area contributed by atoms with Crippen molar-refractivity contribution in [2.24, 2.45) is 4.99 Å². The molecule has 0 aliphatic rings. The molecule has 0 spiro atoms. The zero-order chi connectivity index (χ0) is 15.2. The zero-order valence-corrected chi connectivity index (χ0v) is 13.8. The Morgan fingerprint density at radius 1 is 1.19 bits per heavy atom. The number of nitrogens with zero attached hydrogens (tertiary/aromatic N) is 2. The van der Waals surface area contributed by atoms with Crippen molar-refractivity contribution in [1.29, 1.82) is 0 Å². The molecule has 0 fully saturated rings. The first-order valence-corrected chi connectivity index (χ1v) is 7.57. The van der Waals surface area contributed by atoms with Gasteiger partial charge in [-0.2, -0.15) is 0 Å². The van der Waals surface area contributed by atoms with Gasteiger partial charge in [-0.15, -0.1) is 0 Å². The molecule has 0 aliphatic carbocycles. The van der Waals surface area contributed by atoms with E-state index in [0.717, 1.165) is 10.0 Å². The number of hydrogen-bond donors (Lipinski definition) is 1. The number of likely N-dealkylation sites (N-methyl/N-ethyl adjacent to an activating group) is 1. The number of aromatic hydroxyl groups is 1. The third-order valence-corrected chi connectivity index (χ3v) is 3.80. The normalized spacial score (nSPS) is 13.0. The standard InChI is InChI=1S/C17H19BrN2O/c1-20(2)16(13-6-4-3-5-7-13)12-19-11-14-10-15(18)8-9-17(14)21/h3-11,16,21H,12H2,1-2H3/t16-/m1/s1. The molecule has 0 aromatic heterocycles. The fourth-order valence-corrected chi connectivity index (χ4v) is 2.50. The van der Waals surface area contributed by atoms with E-state index in [1.807, 2.05) is 38.4 Å². The Balaban J connectivity index is 2.12. The maximum Gasteiger partial charge on any atom is 0.124 e. The topological polar surface area (TPSA) is 35.8 Å². The van der Waals surface area contributed by atoms with Crippen LogP contribution in [0, 0.1) is 0 Å². The lowest BCUT2D eigenvalue weighted by molar-refractivity contribution is 0.307. The molecule has 0 aliphatic heterocycles. The number of halogens is 1. The number of hydrogen-bond acceptors (Lipinski definition) is 3. The molecular formula is C17H19BrN2O. The van der Waals surface area contributed by atoms with Crippen LogP contribution in [0.1, 0.15) is 17.2 Å². The molecule has 0 unspecified atom stereocenters. The van der Waals surface area contributed by atoms with Crippen molar-refractivity contribution < 1.29 is 5.11 Å². The van der Waals surface area contributed by atoms with Crippen LogP contribution in [0.2, 0.25) is 0 Å². The maximum atomic E-state index is 9.80. The van der Waals surface area contributed by atoms with Crippen molar-refractivity contribution in [3.8, 4) is 5.75 Å². The molecule has 0 saturated heterocycles. The summed E-state index contributed by atoms with van der Waals surface area (Å²) in [6.07, 6.45) is 1.72. The smallest absolute Gasteiger partial charge is 0.124 e. The average Bonchev–Trinajstić information content (AvgIpc) is 2.47. The number of phenolic OH excluding ortho intramolecular Hbond substituents is 1. The van der Waals surface area contributed by atoms with Gasteiger partial charge >= 0.3 is 0 Å². The summed E-state index contributed by atoms with van der Waals surface area (Å²) in [5, 5.41) is 9.80. The first-order chi connectivity index (χ1) is 10.1. The Hall–Kier alpha value is -1.65. The highest BCUT2D eigenvalue weighted by Crippen LogP contribution is 2.21. The Morgan fingerprint density at radius 2 is 1.90 bits per heavy atom. The predicted octanol–water partition coefficient (Wildman–Crippen LogP) is 3.88. The zero-order valence-electron chi connectivity index (χ0n) is 12.2. The molecule has 4 heteroatoms. The van der Waals surface area contributed by atoms with Crippen LogP contribution in [0.15, 0.2) is 58.0 Å². The second-order valence-electron chi connectivity index (χ2n) is 5.09. The van der Waals surface area contributed by atoms with Gasteiger partial charge in [-0.3, -0.25) is 4.99 Å². The van der Waals surface area contributed by atoms with Crippen LogP contribution >= 0.6 is 15.9 Å². The van der Waals surface area contributed by atoms with Crippen molar-refractivity contribution >= 4 is 22.1 Å². The van der Waals surface area contributed by atoms with Crippen molar-refractivity contribution in [2.75, 3.05) is 20.6 Å². The molecular weight excluding hydrogens is 328 g/mol. The van der Waals surface area contributed by atoms with Crippen molar-refractivity contribution in [3.63, 3.8) is 0 Å². The molecule has 2 aromatic rings. The minimum Gasteiger partial charge on any atom is -0.507 e. The molecule has 21 heavy (non-hydrogen) atoms. The number of phenols is 1. The Labute approximate surface area is 134 Å². The first-order valence-electron chi connectivity index (χ1n) is 6.77. The van der Waals surface area contributed by atoms with Crippen LogP contribution in [-0.2, 0) is 0 Å². The first kappa shape index (κ1) is 15.7. The number of rotatable bonds is 5. The Kier molecular flexibility index (Phi) is 5.53. The lowest BCUT2D eigenvalue weighted by atomic mass is 10.1. The highest BCUT2D eigenvalue weighted by molar-refractivity contribution is 9.10. The van der Waals surface area contributed by atoms with Crippen LogP contribution in [0.4, 0.5) is 0 Å². The summed E-state index contributed by atoms with van der Waals surface area (Å²) in [5.74, 6) is 0.239. The van der Waals surface area contributed by atoms with Gasteiger partial charge in [0.2, 0.25) is 0 Å². The Bertz CT molecular complexity index is 611. The van der Waals surface area contributed by atoms with E-state index in [4.69, 9.17) is 0 Å². The van der Waals surface area contributed by atoms with Gasteiger partial charge in [-0.1, -0.05) is 46.3 Å². The van der Waals surface area contributed by atoms with Gasteiger partial charge in [0.15, 0.2) is 0 Å². The SMILES string of the molecule is CN(C)[C@H](CN=Cc1cc(Br)ccc1O)c1ccccc1. The third kappa shape index (κ3) is 4.41. The summed E-state index contributed by atoms with van der Waals surface area (Å²) in [6.45, 7) is 0.642. The van der Waals surface area contributed by atoms with E-state index in [1.54, 1.807) is 18.3 Å². The summed E-state index contributed by atoms with van der Waals surface area (Å²) >= 11 is 3.40. The van der Waals surface area contributed by atoms with E-state index < -0.39 is 0 Å². The molecule has 2 aromatic carbocycles. The van der Waals surface area contributed by atoms with Gasteiger partial charge in [0.25, 0.3) is 0 Å². The number of aliphatic imine (C=N–C) groups is 1. The number of benzene rings is 2. The lowest BCUT2D eigenvalue weighted by Crippen LogP contribution is -2.22. The van der Waals surface area contributed by atoms with Crippen LogP contribution in [0.25, 0.3) is 0 Å². The summed E-state index contributed by atoms with van der Waals surface area (Å²) in [6, 6.07) is 15.8. The van der Waals surface area contributed by atoms with Gasteiger partial charge in [0.1, 0.15) is 5.75 Å². The predicted molar refractivity (Wildman–Crippen MR) is 91.1 cm³/mol. The summed E-state index contributed by atoms with van der Waals surface area (Å²) in [7, 11) is 4.09. The molecule has 0 amide bonds. The van der Waals surface area contributed by atoms with E-state index in [0.29, 0.717) is 6.54 Å². The van der Waals surface area contributed by atoms with E-state index >= 15 is 0 Å². The van der Waals surface area contributed by atoms with Crippen LogP contribution < -0.4 is 0 Å². The van der Waals surface area contributed by atoms with E-state index in [1.165, 1.54) is 5.56 Å². The van der Waals surface area contributed by atoms with Crippen molar-refractivity contribution in [3.05, 3.63) is 64.1 Å². The quantitative estimate of drug-likeness (QED) is 0.834. The lowest BCUT2D eigenvalue weighted by Gasteiger charge is -2.22. The minimum absolute atomic E-state index is 0.219. The molecule has 0 saturated carbocycles. The molecule has 110 valence electrons. The summed E-state index contributed by atoms with van der Waals surface area (Å²) in [5.41, 5.74) is 1.95. The maximum absolute atomic E-state index is 9.80. The van der Waals surface area contributed by atoms with Gasteiger partial charge < -0.3 is 10.0 Å². The van der Waals surface area contributed by atoms with Gasteiger partial charge in [0.05, 0.1) is 12.6 Å². The van der Waals surface area contributed by atoms with Gasteiger partial charge in [-0.05, 0) is 37.9 Å². The molecule has 2 rings (SSSR count). The van der Waals surface area contributed by atoms with Crippen molar-refractivity contribution in [2.45, 2.75) is 6.04 Å². The molecule has 0 radical (unpaired) electrons. The highest BCUT2D eigenvalue weighted by Gasteiger charge is 2.12. The average molecular weight is 347 g/mol. The molecule has 0 bridgehead atoms. The fourth-order valence-electron chi connectivity index (χ4n) is 2.12. The highest BCUT2D eigenvalue weighted by atomic mass is 79.9. The third-order valence-electron chi connectivity index (χ3n) is 3.31. The second kappa shape index (κ2) is 7.38. The van der Waals surface area contributed by atoms with E-state index in [-0.39, 0.29) is 11.8 Å². The van der Waals surface area contributed by atoms with Crippen LogP contribution in [0.3, 0.4) is 0 Å². The molecule has 1 atom stereocenters. The van der Waals surface area contributed by atoms with Crippen LogP contribution in [-0.4, -0.2) is 36.9 Å².